The summed E-state index contributed by atoms with van der Waals surface area (Å²) in [4.78, 5) is 31.5. The maximum Gasteiger partial charge on any atom is 0.219 e. The first-order valence-electron chi connectivity index (χ1n) is 10.6. The number of thiophene rings is 1. The smallest absolute Gasteiger partial charge is 0.219 e. The molecule has 5 rings (SSSR count). The number of pyridine rings is 1. The molecule has 1 aliphatic heterocycles. The maximum absolute atomic E-state index is 11.7. The highest BCUT2D eigenvalue weighted by molar-refractivity contribution is 7.26. The van der Waals surface area contributed by atoms with Crippen LogP contribution in [-0.2, 0) is 24.1 Å². The number of rotatable bonds is 3. The molecule has 29 heavy (non-hydrogen) atoms. The molecule has 7 heteroatoms. The van der Waals surface area contributed by atoms with Crippen molar-refractivity contribution >= 4 is 43.5 Å². The van der Waals surface area contributed by atoms with E-state index in [1.165, 1.54) is 28.6 Å². The van der Waals surface area contributed by atoms with Crippen LogP contribution >= 0.6 is 11.3 Å². The highest BCUT2D eigenvalue weighted by Crippen LogP contribution is 2.42. The van der Waals surface area contributed by atoms with E-state index in [4.69, 9.17) is 9.97 Å². The van der Waals surface area contributed by atoms with E-state index in [0.717, 1.165) is 66.3 Å². The van der Waals surface area contributed by atoms with Gasteiger partial charge in [-0.2, -0.15) is 0 Å². The van der Waals surface area contributed by atoms with E-state index in [9.17, 15) is 4.79 Å². The summed E-state index contributed by atoms with van der Waals surface area (Å²) in [7, 11) is 0. The molecule has 0 bridgehead atoms. The molecule has 2 aliphatic rings. The highest BCUT2D eigenvalue weighted by atomic mass is 32.1. The fraction of sp³-hybridized carbons (Fsp3) is 0.545. The number of piperazine rings is 1. The van der Waals surface area contributed by atoms with Gasteiger partial charge in [-0.15, -0.1) is 11.3 Å². The van der Waals surface area contributed by atoms with Gasteiger partial charge >= 0.3 is 0 Å². The van der Waals surface area contributed by atoms with Gasteiger partial charge in [0.2, 0.25) is 5.91 Å². The van der Waals surface area contributed by atoms with Gasteiger partial charge in [-0.3, -0.25) is 4.79 Å². The van der Waals surface area contributed by atoms with Crippen LogP contribution < -0.4 is 4.90 Å². The molecule has 0 saturated carbocycles. The molecule has 3 aromatic heterocycles. The van der Waals surface area contributed by atoms with Crippen molar-refractivity contribution in [2.45, 2.75) is 46.5 Å². The summed E-state index contributed by atoms with van der Waals surface area (Å²) in [5.41, 5.74) is 5.30. The monoisotopic (exact) mass is 409 g/mol. The Bertz CT molecular complexity index is 1100. The Labute approximate surface area is 175 Å². The van der Waals surface area contributed by atoms with Crippen LogP contribution in [0.4, 0.5) is 5.82 Å². The first-order valence-corrected chi connectivity index (χ1v) is 11.4. The number of hydrogen-bond acceptors (Lipinski definition) is 6. The third-order valence-electron chi connectivity index (χ3n) is 6.17. The molecule has 1 fully saturated rings. The number of anilines is 1. The average molecular weight is 410 g/mol. The molecule has 1 saturated heterocycles. The first kappa shape index (κ1) is 18.7. The summed E-state index contributed by atoms with van der Waals surface area (Å²) in [5, 5.41) is 1.26. The number of aryl methyl sites for hydroxylation is 1. The molecule has 4 heterocycles. The quantitative estimate of drug-likeness (QED) is 0.661. The zero-order valence-corrected chi connectivity index (χ0v) is 18.2. The van der Waals surface area contributed by atoms with Gasteiger partial charge in [0.05, 0.1) is 10.2 Å². The number of carbonyl (C=O) groups excluding carboxylic acids is 1. The number of hydrogen-bond donors (Lipinski definition) is 0. The average Bonchev–Trinajstić information content (AvgIpc) is 3.31. The van der Waals surface area contributed by atoms with E-state index in [1.807, 2.05) is 4.90 Å². The van der Waals surface area contributed by atoms with Crippen molar-refractivity contribution in [1.29, 1.82) is 0 Å². The zero-order valence-electron chi connectivity index (χ0n) is 17.4. The van der Waals surface area contributed by atoms with Crippen molar-refractivity contribution in [2.75, 3.05) is 31.1 Å². The van der Waals surface area contributed by atoms with Gasteiger partial charge in [0.15, 0.2) is 0 Å². The summed E-state index contributed by atoms with van der Waals surface area (Å²) < 4.78 is 1.14. The van der Waals surface area contributed by atoms with E-state index in [1.54, 1.807) is 24.6 Å². The van der Waals surface area contributed by atoms with Crippen LogP contribution in [0.15, 0.2) is 6.33 Å². The molecule has 0 radical (unpaired) electrons. The minimum Gasteiger partial charge on any atom is -0.352 e. The van der Waals surface area contributed by atoms with Crippen molar-refractivity contribution in [3.63, 3.8) is 0 Å². The molecular formula is C22H27N5OS. The van der Waals surface area contributed by atoms with Crippen molar-refractivity contribution in [3.8, 4) is 0 Å². The lowest BCUT2D eigenvalue weighted by atomic mass is 9.99. The lowest BCUT2D eigenvalue weighted by Crippen LogP contribution is -2.48. The minimum absolute atomic E-state index is 0.150. The second-order valence-corrected chi connectivity index (χ2v) is 9.62. The lowest BCUT2D eigenvalue weighted by molar-refractivity contribution is -0.129. The zero-order chi connectivity index (χ0) is 20.1. The van der Waals surface area contributed by atoms with E-state index in [0.29, 0.717) is 5.92 Å². The fourth-order valence-corrected chi connectivity index (χ4v) is 5.97. The van der Waals surface area contributed by atoms with Crippen LogP contribution in [-0.4, -0.2) is 51.9 Å². The number of amides is 1. The van der Waals surface area contributed by atoms with Gasteiger partial charge < -0.3 is 9.80 Å². The standard InChI is InChI=1S/C22H27N5OS/c1-13(2)11-17-15-5-4-6-16(15)18-19-20(29-22(18)25-17)21(24-12-23-19)27-9-7-26(8-10-27)14(3)28/h12-13H,4-11H2,1-3H3. The van der Waals surface area contributed by atoms with Crippen molar-refractivity contribution in [1.82, 2.24) is 19.9 Å². The molecule has 0 N–H and O–H groups in total. The summed E-state index contributed by atoms with van der Waals surface area (Å²) in [5.74, 6) is 1.75. The van der Waals surface area contributed by atoms with Crippen molar-refractivity contribution in [3.05, 3.63) is 23.1 Å². The third-order valence-corrected chi connectivity index (χ3v) is 7.23. The third kappa shape index (κ3) is 3.16. The van der Waals surface area contributed by atoms with Gasteiger partial charge in [0, 0.05) is 44.2 Å². The second kappa shape index (κ2) is 7.20. The molecule has 3 aromatic rings. The van der Waals surface area contributed by atoms with Crippen LogP contribution in [0.1, 0.15) is 44.0 Å². The number of aromatic nitrogens is 3. The minimum atomic E-state index is 0.150. The maximum atomic E-state index is 11.7. The van der Waals surface area contributed by atoms with Gasteiger partial charge in [-0.25, -0.2) is 15.0 Å². The molecule has 0 spiro atoms. The van der Waals surface area contributed by atoms with Crippen molar-refractivity contribution < 1.29 is 4.79 Å². The summed E-state index contributed by atoms with van der Waals surface area (Å²) in [6, 6.07) is 0. The van der Waals surface area contributed by atoms with Crippen molar-refractivity contribution in [2.24, 2.45) is 5.92 Å². The molecular weight excluding hydrogens is 382 g/mol. The van der Waals surface area contributed by atoms with Crippen LogP contribution in [0, 0.1) is 5.92 Å². The van der Waals surface area contributed by atoms with Gasteiger partial charge in [-0.05, 0) is 42.7 Å². The Kier molecular flexibility index (Phi) is 4.65. The van der Waals surface area contributed by atoms with E-state index < -0.39 is 0 Å². The molecule has 1 aliphatic carbocycles. The van der Waals surface area contributed by atoms with Crippen LogP contribution in [0.25, 0.3) is 20.4 Å². The van der Waals surface area contributed by atoms with Crippen LogP contribution in [0.2, 0.25) is 0 Å². The highest BCUT2D eigenvalue weighted by Gasteiger charge is 2.27. The summed E-state index contributed by atoms with van der Waals surface area (Å²) >= 11 is 1.74. The van der Waals surface area contributed by atoms with Crippen LogP contribution in [0.5, 0.6) is 0 Å². The second-order valence-electron chi connectivity index (χ2n) is 8.62. The van der Waals surface area contributed by atoms with Crippen LogP contribution in [0.3, 0.4) is 0 Å². The molecule has 1 amide bonds. The molecule has 6 nitrogen and oxygen atoms in total. The topological polar surface area (TPSA) is 62.2 Å². The largest absolute Gasteiger partial charge is 0.352 e. The first-order chi connectivity index (χ1) is 14.0. The Morgan fingerprint density at radius 1 is 1.14 bits per heavy atom. The number of carbonyl (C=O) groups is 1. The molecule has 0 atom stereocenters. The lowest BCUT2D eigenvalue weighted by Gasteiger charge is -2.34. The Morgan fingerprint density at radius 3 is 2.62 bits per heavy atom. The van der Waals surface area contributed by atoms with Gasteiger partial charge in [0.1, 0.15) is 17.0 Å². The number of fused-ring (bicyclic) bond motifs is 5. The Morgan fingerprint density at radius 2 is 1.90 bits per heavy atom. The van der Waals surface area contributed by atoms with E-state index >= 15 is 0 Å². The van der Waals surface area contributed by atoms with E-state index in [2.05, 4.69) is 23.7 Å². The normalized spacial score (nSPS) is 17.0. The predicted octanol–water partition coefficient (Wildman–Crippen LogP) is 3.60. The Hall–Kier alpha value is -2.28. The molecule has 0 aromatic carbocycles. The predicted molar refractivity (Wildman–Crippen MR) is 118 cm³/mol. The molecule has 0 unspecified atom stereocenters. The van der Waals surface area contributed by atoms with Gasteiger partial charge in [0.25, 0.3) is 0 Å². The Balaban J connectivity index is 1.62. The SMILES string of the molecule is CC(=O)N1CCN(c2ncnc3c2sc2nc(CC(C)C)c4c(c23)CCC4)CC1. The van der Waals surface area contributed by atoms with E-state index in [-0.39, 0.29) is 5.91 Å². The van der Waals surface area contributed by atoms with Gasteiger partial charge in [-0.1, -0.05) is 13.8 Å². The molecule has 152 valence electrons. The summed E-state index contributed by atoms with van der Waals surface area (Å²) in [6.45, 7) is 9.29. The fourth-order valence-electron chi connectivity index (χ4n) is 4.78. The number of nitrogens with zero attached hydrogens (tertiary/aromatic N) is 5. The summed E-state index contributed by atoms with van der Waals surface area (Å²) in [6.07, 6.45) is 6.22.